The van der Waals surface area contributed by atoms with Crippen LogP contribution in [-0.2, 0) is 0 Å². The average Bonchev–Trinajstić information content (AvgIpc) is 3.57. The summed E-state index contributed by atoms with van der Waals surface area (Å²) in [6.45, 7) is 0. The van der Waals surface area contributed by atoms with Crippen LogP contribution in [0.2, 0.25) is 0 Å². The Morgan fingerprint density at radius 1 is 0.622 bits per heavy atom. The topological polar surface area (TPSA) is 45.6 Å². The number of nitrogens with zero attached hydrogens (tertiary/aromatic N) is 4. The molecule has 0 bridgehead atoms. The van der Waals surface area contributed by atoms with Gasteiger partial charge in [-0.25, -0.2) is 9.99 Å². The lowest BCUT2D eigenvalue weighted by Crippen LogP contribution is -2.41. The van der Waals surface area contributed by atoms with E-state index in [0.29, 0.717) is 0 Å². The minimum absolute atomic E-state index is 0.755. The van der Waals surface area contributed by atoms with E-state index >= 15 is 0 Å². The van der Waals surface area contributed by atoms with Crippen molar-refractivity contribution in [1.82, 2.24) is 15.0 Å². The van der Waals surface area contributed by atoms with Crippen LogP contribution in [-0.4, -0.2) is 9.55 Å². The van der Waals surface area contributed by atoms with Crippen LogP contribution in [0.1, 0.15) is 0 Å². The highest BCUT2D eigenvalue weighted by atomic mass is 16.5. The molecule has 6 heteroatoms. The molecular formula is C31H23N5O. The molecule has 6 nitrogen and oxygen atoms in total. The number of nitrogens with one attached hydrogen (secondary N) is 1. The number of para-hydroxylation sites is 2. The van der Waals surface area contributed by atoms with Gasteiger partial charge in [-0.3, -0.25) is 9.99 Å². The number of ether oxygens (including phenoxy) is 1. The number of hydrazine groups is 2. The quantitative estimate of drug-likeness (QED) is 0.282. The number of anilines is 2. The second kappa shape index (κ2) is 8.77. The highest BCUT2D eigenvalue weighted by Crippen LogP contribution is 2.35. The van der Waals surface area contributed by atoms with Crippen LogP contribution >= 0.6 is 0 Å². The molecule has 0 saturated heterocycles. The minimum Gasteiger partial charge on any atom is -0.457 e. The summed E-state index contributed by atoms with van der Waals surface area (Å²) in [6, 6.07) is 38.9. The normalized spacial score (nSPS) is 12.9. The highest BCUT2D eigenvalue weighted by Gasteiger charge is 2.19. The van der Waals surface area contributed by atoms with Crippen molar-refractivity contribution in [1.29, 1.82) is 0 Å². The van der Waals surface area contributed by atoms with Crippen LogP contribution < -0.4 is 20.3 Å². The van der Waals surface area contributed by atoms with Crippen molar-refractivity contribution in [2.45, 2.75) is 0 Å². The molecule has 0 fully saturated rings. The van der Waals surface area contributed by atoms with E-state index in [-0.39, 0.29) is 0 Å². The number of benzene rings is 4. The summed E-state index contributed by atoms with van der Waals surface area (Å²) in [7, 11) is 0. The van der Waals surface area contributed by atoms with Crippen LogP contribution in [0.5, 0.6) is 11.5 Å². The summed E-state index contributed by atoms with van der Waals surface area (Å²) in [6.07, 6.45) is 5.72. The number of rotatable bonds is 5. The first-order valence-corrected chi connectivity index (χ1v) is 12.1. The molecule has 7 rings (SSSR count). The van der Waals surface area contributed by atoms with Crippen LogP contribution in [0.3, 0.4) is 0 Å². The maximum Gasteiger partial charge on any atom is 0.137 e. The Bertz CT molecular complexity index is 1740. The van der Waals surface area contributed by atoms with Gasteiger partial charge < -0.3 is 4.74 Å². The van der Waals surface area contributed by atoms with Crippen molar-refractivity contribution >= 4 is 33.2 Å². The molecule has 0 atom stereocenters. The van der Waals surface area contributed by atoms with E-state index in [0.717, 1.165) is 45.1 Å². The molecule has 0 unspecified atom stereocenters. The fourth-order valence-electron chi connectivity index (χ4n) is 4.85. The number of pyridine rings is 1. The van der Waals surface area contributed by atoms with Gasteiger partial charge in [0, 0.05) is 41.5 Å². The Balaban J connectivity index is 1.26. The lowest BCUT2D eigenvalue weighted by molar-refractivity contribution is 0.483. The third kappa shape index (κ3) is 3.72. The second-order valence-corrected chi connectivity index (χ2v) is 8.76. The van der Waals surface area contributed by atoms with Gasteiger partial charge in [-0.1, -0.05) is 48.5 Å². The monoisotopic (exact) mass is 481 g/mol. The van der Waals surface area contributed by atoms with Gasteiger partial charge in [0.05, 0.1) is 22.4 Å². The maximum absolute atomic E-state index is 6.39. The van der Waals surface area contributed by atoms with Crippen LogP contribution in [0.4, 0.5) is 11.4 Å². The van der Waals surface area contributed by atoms with Crippen LogP contribution in [0.15, 0.2) is 134 Å². The average molecular weight is 482 g/mol. The molecule has 2 aromatic heterocycles. The molecule has 3 heterocycles. The molecule has 6 aromatic rings. The van der Waals surface area contributed by atoms with Crippen molar-refractivity contribution in [3.8, 4) is 17.3 Å². The summed E-state index contributed by atoms with van der Waals surface area (Å²) >= 11 is 0. The van der Waals surface area contributed by atoms with E-state index < -0.39 is 0 Å². The summed E-state index contributed by atoms with van der Waals surface area (Å²) in [5, 5.41) is 6.38. The van der Waals surface area contributed by atoms with Gasteiger partial charge in [0.1, 0.15) is 17.3 Å². The molecule has 0 radical (unpaired) electrons. The lowest BCUT2D eigenvalue weighted by Gasteiger charge is -2.30. The van der Waals surface area contributed by atoms with Gasteiger partial charge in [0.2, 0.25) is 0 Å². The molecule has 0 spiro atoms. The Morgan fingerprint density at radius 3 is 2.30 bits per heavy atom. The van der Waals surface area contributed by atoms with Gasteiger partial charge in [-0.2, -0.15) is 5.12 Å². The van der Waals surface area contributed by atoms with Gasteiger partial charge in [0.15, 0.2) is 0 Å². The fraction of sp³-hybridized carbons (Fsp3) is 0. The lowest BCUT2D eigenvalue weighted by atomic mass is 10.1. The molecule has 0 amide bonds. The third-order valence-corrected chi connectivity index (χ3v) is 6.47. The van der Waals surface area contributed by atoms with Crippen LogP contribution in [0, 0.1) is 0 Å². The zero-order valence-electron chi connectivity index (χ0n) is 19.9. The summed E-state index contributed by atoms with van der Waals surface area (Å²) in [5.41, 5.74) is 7.45. The van der Waals surface area contributed by atoms with E-state index in [2.05, 4.69) is 69.6 Å². The molecule has 4 aromatic carbocycles. The second-order valence-electron chi connectivity index (χ2n) is 8.76. The first-order chi connectivity index (χ1) is 18.3. The van der Waals surface area contributed by atoms with E-state index in [4.69, 9.17) is 4.74 Å². The molecule has 0 saturated carbocycles. The molecule has 0 aliphatic carbocycles. The zero-order chi connectivity index (χ0) is 24.6. The predicted octanol–water partition coefficient (Wildman–Crippen LogP) is 7.19. The molecule has 1 aliphatic heterocycles. The van der Waals surface area contributed by atoms with Gasteiger partial charge >= 0.3 is 0 Å². The van der Waals surface area contributed by atoms with Crippen LogP contribution in [0.25, 0.3) is 27.6 Å². The Morgan fingerprint density at radius 2 is 1.41 bits per heavy atom. The fourth-order valence-corrected chi connectivity index (χ4v) is 4.85. The highest BCUT2D eigenvalue weighted by molar-refractivity contribution is 6.09. The van der Waals surface area contributed by atoms with Gasteiger partial charge in [-0.05, 0) is 54.6 Å². The molecule has 37 heavy (non-hydrogen) atoms. The van der Waals surface area contributed by atoms with E-state index in [9.17, 15) is 0 Å². The van der Waals surface area contributed by atoms with Crippen molar-refractivity contribution in [3.05, 3.63) is 134 Å². The zero-order valence-corrected chi connectivity index (χ0v) is 19.9. The number of aromatic nitrogens is 2. The molecule has 178 valence electrons. The van der Waals surface area contributed by atoms with Gasteiger partial charge in [-0.15, -0.1) is 0 Å². The van der Waals surface area contributed by atoms with Crippen molar-refractivity contribution in [3.63, 3.8) is 0 Å². The number of hydrogen-bond acceptors (Lipinski definition) is 5. The Labute approximate surface area is 214 Å². The molecule has 1 N–H and O–H groups in total. The van der Waals surface area contributed by atoms with Crippen molar-refractivity contribution < 1.29 is 4.74 Å². The SMILES string of the molecule is C1=CN(c2cccc(Oc3ccc4c5ccccc5n(-c5ccccn5)c4c3)c2)N(c2ccccc2)N1. The number of hydrogen-bond donors (Lipinski definition) is 1. The molecule has 1 aliphatic rings. The maximum atomic E-state index is 6.39. The van der Waals surface area contributed by atoms with Crippen molar-refractivity contribution in [2.75, 3.05) is 10.1 Å². The first kappa shape index (κ1) is 21.1. The first-order valence-electron chi connectivity index (χ1n) is 12.1. The summed E-state index contributed by atoms with van der Waals surface area (Å²) in [4.78, 5) is 4.62. The number of fused-ring (bicyclic) bond motifs is 3. The smallest absolute Gasteiger partial charge is 0.137 e. The molecular weight excluding hydrogens is 458 g/mol. The standard InChI is InChI=1S/C31H23N5O/c1-2-9-23(10-3-1)36-33-19-20-34(36)24-11-8-12-25(21-24)37-26-16-17-28-27-13-4-5-14-29(27)35(30(28)22-26)31-15-6-7-18-32-31/h1-22,33H. The van der Waals surface area contributed by atoms with E-state index in [1.807, 2.05) is 89.4 Å². The van der Waals surface area contributed by atoms with E-state index in [1.54, 1.807) is 0 Å². The van der Waals surface area contributed by atoms with Gasteiger partial charge in [0.25, 0.3) is 0 Å². The Hall–Kier alpha value is -5.23. The van der Waals surface area contributed by atoms with E-state index in [1.165, 1.54) is 5.39 Å². The van der Waals surface area contributed by atoms with Crippen molar-refractivity contribution in [2.24, 2.45) is 0 Å². The predicted molar refractivity (Wildman–Crippen MR) is 149 cm³/mol. The summed E-state index contributed by atoms with van der Waals surface area (Å²) < 4.78 is 8.58. The summed E-state index contributed by atoms with van der Waals surface area (Å²) in [5.74, 6) is 2.40. The largest absolute Gasteiger partial charge is 0.457 e. The minimum atomic E-state index is 0.755. The Kier molecular flexibility index (Phi) is 5.00. The third-order valence-electron chi connectivity index (χ3n) is 6.47.